The Morgan fingerprint density at radius 2 is 1.97 bits per heavy atom. The average Bonchev–Trinajstić information content (AvgIpc) is 3.44. The molecule has 1 atom stereocenters. The van der Waals surface area contributed by atoms with Crippen LogP contribution in [0.3, 0.4) is 0 Å². The molecule has 2 aromatic carbocycles. The molecule has 1 unspecified atom stereocenters. The molecule has 0 spiro atoms. The Morgan fingerprint density at radius 3 is 2.69 bits per heavy atom. The summed E-state index contributed by atoms with van der Waals surface area (Å²) in [6.07, 6.45) is 2.27. The normalized spacial score (nSPS) is 16.6. The molecule has 1 aromatic heterocycles. The summed E-state index contributed by atoms with van der Waals surface area (Å²) >= 11 is 1.65. The fourth-order valence-corrected chi connectivity index (χ4v) is 5.49. The number of carbonyl (C=O) groups is 1. The molecule has 1 saturated heterocycles. The van der Waals surface area contributed by atoms with Crippen LogP contribution in [0.4, 0.5) is 0 Å². The fourth-order valence-electron chi connectivity index (χ4n) is 4.51. The third kappa shape index (κ3) is 4.74. The van der Waals surface area contributed by atoms with Crippen molar-refractivity contribution >= 4 is 27.5 Å². The van der Waals surface area contributed by atoms with Gasteiger partial charge in [0.15, 0.2) is 11.5 Å². The zero-order valence-corrected chi connectivity index (χ0v) is 20.0. The molecule has 0 N–H and O–H groups in total. The van der Waals surface area contributed by atoms with E-state index in [-0.39, 0.29) is 5.91 Å². The van der Waals surface area contributed by atoms with E-state index in [9.17, 15) is 4.79 Å². The van der Waals surface area contributed by atoms with Crippen LogP contribution < -0.4 is 9.47 Å². The van der Waals surface area contributed by atoms with E-state index >= 15 is 0 Å². The van der Waals surface area contributed by atoms with Gasteiger partial charge < -0.3 is 14.4 Å². The molecule has 6 nitrogen and oxygen atoms in total. The minimum atomic E-state index is -0.0131. The first-order valence-electron chi connectivity index (χ1n) is 11.1. The van der Waals surface area contributed by atoms with Crippen LogP contribution in [-0.2, 0) is 6.54 Å². The molecule has 1 amide bonds. The van der Waals surface area contributed by atoms with Crippen molar-refractivity contribution in [3.8, 4) is 11.5 Å². The van der Waals surface area contributed by atoms with Gasteiger partial charge in [-0.3, -0.25) is 9.69 Å². The molecule has 0 radical (unpaired) electrons. The van der Waals surface area contributed by atoms with Gasteiger partial charge >= 0.3 is 0 Å². The number of methoxy groups -OCH3 is 2. The standard InChI is InChI=1S/C25H31N3O3S/c1-17(2)28-13-7-8-19(28)15-27(16-24-26-20-9-5-6-10-23(20)32-24)25(29)18-11-12-21(30-3)22(14-18)31-4/h5-6,9-12,14,17,19H,7-8,13,15-16H2,1-4H3. The molecule has 32 heavy (non-hydrogen) atoms. The molecule has 7 heteroatoms. The van der Waals surface area contributed by atoms with Crippen molar-refractivity contribution in [2.45, 2.75) is 45.3 Å². The third-order valence-electron chi connectivity index (χ3n) is 6.10. The van der Waals surface area contributed by atoms with Gasteiger partial charge in [-0.2, -0.15) is 0 Å². The summed E-state index contributed by atoms with van der Waals surface area (Å²) in [6.45, 7) is 6.72. The second-order valence-corrected chi connectivity index (χ2v) is 9.57. The van der Waals surface area contributed by atoms with E-state index in [4.69, 9.17) is 14.5 Å². The summed E-state index contributed by atoms with van der Waals surface area (Å²) < 4.78 is 11.9. The molecule has 170 valence electrons. The maximum Gasteiger partial charge on any atom is 0.254 e. The van der Waals surface area contributed by atoms with E-state index in [1.165, 1.54) is 6.42 Å². The first kappa shape index (κ1) is 22.6. The fraction of sp³-hybridized carbons (Fsp3) is 0.440. The largest absolute Gasteiger partial charge is 0.493 e. The summed E-state index contributed by atoms with van der Waals surface area (Å²) in [7, 11) is 3.18. The van der Waals surface area contributed by atoms with Gasteiger partial charge in [-0.1, -0.05) is 12.1 Å². The van der Waals surface area contributed by atoms with Crippen LogP contribution in [0.2, 0.25) is 0 Å². The lowest BCUT2D eigenvalue weighted by atomic mass is 10.1. The van der Waals surface area contributed by atoms with Crippen molar-refractivity contribution in [3.63, 3.8) is 0 Å². The van der Waals surface area contributed by atoms with Gasteiger partial charge in [-0.25, -0.2) is 4.98 Å². The van der Waals surface area contributed by atoms with Gasteiger partial charge in [0, 0.05) is 24.2 Å². The number of benzene rings is 2. The van der Waals surface area contributed by atoms with E-state index in [0.717, 1.165) is 28.2 Å². The number of amides is 1. The molecular weight excluding hydrogens is 422 g/mol. The number of ether oxygens (including phenoxy) is 2. The first-order valence-corrected chi connectivity index (χ1v) is 11.9. The van der Waals surface area contributed by atoms with Crippen molar-refractivity contribution in [2.75, 3.05) is 27.3 Å². The number of carbonyl (C=O) groups excluding carboxylic acids is 1. The average molecular weight is 454 g/mol. The number of hydrogen-bond acceptors (Lipinski definition) is 6. The summed E-state index contributed by atoms with van der Waals surface area (Å²) in [5, 5.41) is 0.953. The minimum Gasteiger partial charge on any atom is -0.493 e. The summed E-state index contributed by atoms with van der Waals surface area (Å²) in [5.41, 5.74) is 1.58. The van der Waals surface area contributed by atoms with Gasteiger partial charge in [-0.15, -0.1) is 11.3 Å². The van der Waals surface area contributed by atoms with E-state index < -0.39 is 0 Å². The number of aromatic nitrogens is 1. The van der Waals surface area contributed by atoms with Gasteiger partial charge in [0.2, 0.25) is 0 Å². The van der Waals surface area contributed by atoms with Crippen LogP contribution in [0.5, 0.6) is 11.5 Å². The number of rotatable bonds is 8. The van der Waals surface area contributed by atoms with Crippen LogP contribution in [0.1, 0.15) is 42.1 Å². The molecular formula is C25H31N3O3S. The summed E-state index contributed by atoms with van der Waals surface area (Å²) in [6, 6.07) is 14.3. The van der Waals surface area contributed by atoms with Crippen LogP contribution in [0, 0.1) is 0 Å². The minimum absolute atomic E-state index is 0.0131. The molecule has 0 saturated carbocycles. The van der Waals surface area contributed by atoms with Crippen LogP contribution >= 0.6 is 11.3 Å². The van der Waals surface area contributed by atoms with Crippen molar-refractivity contribution < 1.29 is 14.3 Å². The quantitative estimate of drug-likeness (QED) is 0.489. The van der Waals surface area contributed by atoms with E-state index in [1.807, 2.05) is 29.2 Å². The topological polar surface area (TPSA) is 54.9 Å². The monoisotopic (exact) mass is 453 g/mol. The molecule has 4 rings (SSSR count). The number of fused-ring (bicyclic) bond motifs is 1. The highest BCUT2D eigenvalue weighted by molar-refractivity contribution is 7.18. The molecule has 3 aromatic rings. The third-order valence-corrected chi connectivity index (χ3v) is 7.12. The zero-order chi connectivity index (χ0) is 22.7. The number of hydrogen-bond donors (Lipinski definition) is 0. The number of thiazole rings is 1. The Hall–Kier alpha value is -2.64. The molecule has 2 heterocycles. The van der Waals surface area contributed by atoms with Crippen LogP contribution in [-0.4, -0.2) is 60.1 Å². The lowest BCUT2D eigenvalue weighted by Crippen LogP contribution is -2.45. The van der Waals surface area contributed by atoms with E-state index in [1.54, 1.807) is 37.7 Å². The second-order valence-electron chi connectivity index (χ2n) is 8.46. The Kier molecular flexibility index (Phi) is 6.96. The Morgan fingerprint density at radius 1 is 1.19 bits per heavy atom. The highest BCUT2D eigenvalue weighted by Gasteiger charge is 2.30. The molecule has 1 fully saturated rings. The first-order chi connectivity index (χ1) is 15.5. The summed E-state index contributed by atoms with van der Waals surface area (Å²) in [5.74, 6) is 1.16. The van der Waals surface area contributed by atoms with Crippen molar-refractivity contribution in [2.24, 2.45) is 0 Å². The highest BCUT2D eigenvalue weighted by Crippen LogP contribution is 2.30. The number of likely N-dealkylation sites (tertiary alicyclic amines) is 1. The number of para-hydroxylation sites is 1. The predicted molar refractivity (Wildman–Crippen MR) is 129 cm³/mol. The Bertz CT molecular complexity index is 1050. The predicted octanol–water partition coefficient (Wildman–Crippen LogP) is 4.83. The molecule has 0 aliphatic carbocycles. The second kappa shape index (κ2) is 9.88. The molecule has 1 aliphatic rings. The van der Waals surface area contributed by atoms with Crippen LogP contribution in [0.25, 0.3) is 10.2 Å². The maximum absolute atomic E-state index is 13.7. The Balaban J connectivity index is 1.63. The van der Waals surface area contributed by atoms with Crippen molar-refractivity contribution in [1.82, 2.24) is 14.8 Å². The molecule has 1 aliphatic heterocycles. The van der Waals surface area contributed by atoms with E-state index in [2.05, 4.69) is 24.8 Å². The van der Waals surface area contributed by atoms with E-state index in [0.29, 0.717) is 42.2 Å². The molecule has 0 bridgehead atoms. The van der Waals surface area contributed by atoms with Crippen molar-refractivity contribution in [3.05, 3.63) is 53.0 Å². The van der Waals surface area contributed by atoms with Gasteiger partial charge in [0.25, 0.3) is 5.91 Å². The van der Waals surface area contributed by atoms with Crippen molar-refractivity contribution in [1.29, 1.82) is 0 Å². The Labute approximate surface area is 193 Å². The smallest absolute Gasteiger partial charge is 0.254 e. The highest BCUT2D eigenvalue weighted by atomic mass is 32.1. The van der Waals surface area contributed by atoms with Gasteiger partial charge in [0.05, 0.1) is 31.0 Å². The summed E-state index contributed by atoms with van der Waals surface area (Å²) in [4.78, 5) is 22.9. The zero-order valence-electron chi connectivity index (χ0n) is 19.2. The van der Waals surface area contributed by atoms with Crippen LogP contribution in [0.15, 0.2) is 42.5 Å². The maximum atomic E-state index is 13.7. The lowest BCUT2D eigenvalue weighted by Gasteiger charge is -2.33. The lowest BCUT2D eigenvalue weighted by molar-refractivity contribution is 0.0671. The number of nitrogens with zero attached hydrogens (tertiary/aromatic N) is 3. The van der Waals surface area contributed by atoms with Gasteiger partial charge in [-0.05, 0) is 63.6 Å². The SMILES string of the molecule is COc1ccc(C(=O)N(Cc2nc3ccccc3s2)CC2CCCN2C(C)C)cc1OC. The van der Waals surface area contributed by atoms with Gasteiger partial charge in [0.1, 0.15) is 5.01 Å².